The van der Waals surface area contributed by atoms with Gasteiger partial charge in [-0.2, -0.15) is 0 Å². The zero-order valence-electron chi connectivity index (χ0n) is 15.5. The monoisotopic (exact) mass is 362 g/mol. The lowest BCUT2D eigenvalue weighted by Crippen LogP contribution is -2.25. The molecule has 0 saturated heterocycles. The van der Waals surface area contributed by atoms with Gasteiger partial charge in [0.05, 0.1) is 11.9 Å². The molecule has 2 aromatic carbocycles. The Hall–Kier alpha value is -3.08. The van der Waals surface area contributed by atoms with Crippen molar-refractivity contribution < 1.29 is 14.3 Å². The highest BCUT2D eigenvalue weighted by atomic mass is 16.6. The number of fused-ring (bicyclic) bond motifs is 2. The van der Waals surface area contributed by atoms with E-state index in [1.807, 2.05) is 49.4 Å². The Kier molecular flexibility index (Phi) is 4.67. The quantitative estimate of drug-likeness (QED) is 0.772. The van der Waals surface area contributed by atoms with Crippen LogP contribution in [0.25, 0.3) is 10.9 Å². The fourth-order valence-corrected chi connectivity index (χ4v) is 3.45. The predicted molar refractivity (Wildman–Crippen MR) is 104 cm³/mol. The number of pyridine rings is 1. The van der Waals surface area contributed by atoms with Gasteiger partial charge in [-0.25, -0.2) is 0 Å². The third-order valence-corrected chi connectivity index (χ3v) is 4.92. The first kappa shape index (κ1) is 17.3. The second-order valence-corrected chi connectivity index (χ2v) is 6.75. The maximum atomic E-state index is 12.5. The van der Waals surface area contributed by atoms with Gasteiger partial charge in [-0.1, -0.05) is 24.3 Å². The van der Waals surface area contributed by atoms with Crippen molar-refractivity contribution >= 4 is 16.8 Å². The van der Waals surface area contributed by atoms with Gasteiger partial charge in [0.2, 0.25) is 5.91 Å². The number of nitrogens with zero attached hydrogens (tertiary/aromatic N) is 1. The first-order valence-electron chi connectivity index (χ1n) is 9.12. The average Bonchev–Trinajstić information content (AvgIpc) is 2.69. The Labute approximate surface area is 158 Å². The maximum absolute atomic E-state index is 12.5. The molecule has 4 rings (SSSR count). The first-order valence-corrected chi connectivity index (χ1v) is 9.12. The number of carbonyl (C=O) groups excluding carboxylic acids is 1. The van der Waals surface area contributed by atoms with Crippen molar-refractivity contribution in [2.24, 2.45) is 0 Å². The lowest BCUT2D eigenvalue weighted by atomic mass is 9.99. The molecule has 0 spiro atoms. The molecule has 3 aromatic rings. The van der Waals surface area contributed by atoms with Gasteiger partial charge in [0.1, 0.15) is 13.2 Å². The number of nitrogens with one attached hydrogen (secondary N) is 1. The Morgan fingerprint density at radius 1 is 1.07 bits per heavy atom. The second-order valence-electron chi connectivity index (χ2n) is 6.75. The Morgan fingerprint density at radius 2 is 1.85 bits per heavy atom. The lowest BCUT2D eigenvalue weighted by Gasteiger charge is -2.19. The maximum Gasteiger partial charge on any atom is 0.224 e. The molecule has 0 atom stereocenters. The summed E-state index contributed by atoms with van der Waals surface area (Å²) in [6, 6.07) is 13.8. The number of benzene rings is 2. The van der Waals surface area contributed by atoms with E-state index in [1.54, 1.807) is 0 Å². The predicted octanol–water partition coefficient (Wildman–Crippen LogP) is 3.48. The number of ether oxygens (including phenoxy) is 2. The fourth-order valence-electron chi connectivity index (χ4n) is 3.45. The fraction of sp³-hybridized carbons (Fsp3) is 0.273. The van der Waals surface area contributed by atoms with Gasteiger partial charge in [-0.3, -0.25) is 9.78 Å². The van der Waals surface area contributed by atoms with Crippen molar-refractivity contribution in [3.63, 3.8) is 0 Å². The van der Waals surface area contributed by atoms with E-state index in [1.165, 1.54) is 0 Å². The molecule has 1 aliphatic rings. The summed E-state index contributed by atoms with van der Waals surface area (Å²) in [7, 11) is 0. The van der Waals surface area contributed by atoms with Gasteiger partial charge < -0.3 is 14.8 Å². The Bertz CT molecular complexity index is 1010. The molecule has 0 aliphatic carbocycles. The number of carbonyl (C=O) groups is 1. The van der Waals surface area contributed by atoms with E-state index in [2.05, 4.69) is 17.2 Å². The standard InChI is InChI=1S/C22H22N2O3/c1-14-17-5-3-4-6-19(17)24-15(2)18(14)12-22(25)23-13-16-7-8-20-21(11-16)27-10-9-26-20/h3-8,11H,9-10,12-13H2,1-2H3,(H,23,25). The van der Waals surface area contributed by atoms with Crippen LogP contribution in [0, 0.1) is 13.8 Å². The molecule has 0 radical (unpaired) electrons. The van der Waals surface area contributed by atoms with Gasteiger partial charge in [0.15, 0.2) is 11.5 Å². The van der Waals surface area contributed by atoms with Crippen LogP contribution in [0.4, 0.5) is 0 Å². The van der Waals surface area contributed by atoms with E-state index in [0.29, 0.717) is 26.2 Å². The number of rotatable bonds is 4. The van der Waals surface area contributed by atoms with Crippen LogP contribution in [0.15, 0.2) is 42.5 Å². The summed E-state index contributed by atoms with van der Waals surface area (Å²) in [5, 5.41) is 4.09. The first-order chi connectivity index (χ1) is 13.1. The topological polar surface area (TPSA) is 60.5 Å². The number of aromatic nitrogens is 1. The number of hydrogen-bond acceptors (Lipinski definition) is 4. The van der Waals surface area contributed by atoms with Crippen LogP contribution in [-0.4, -0.2) is 24.1 Å². The Morgan fingerprint density at radius 3 is 2.70 bits per heavy atom. The summed E-state index contributed by atoms with van der Waals surface area (Å²) >= 11 is 0. The molecule has 5 heteroatoms. The molecule has 0 fully saturated rings. The van der Waals surface area contributed by atoms with Crippen molar-refractivity contribution in [2.75, 3.05) is 13.2 Å². The van der Waals surface area contributed by atoms with Gasteiger partial charge in [-0.15, -0.1) is 0 Å². The second kappa shape index (κ2) is 7.27. The van der Waals surface area contributed by atoms with E-state index in [0.717, 1.165) is 44.8 Å². The van der Waals surface area contributed by atoms with Crippen LogP contribution in [0.1, 0.15) is 22.4 Å². The van der Waals surface area contributed by atoms with E-state index in [-0.39, 0.29) is 5.91 Å². The van der Waals surface area contributed by atoms with Crippen molar-refractivity contribution in [3.8, 4) is 11.5 Å². The zero-order chi connectivity index (χ0) is 18.8. The molecule has 138 valence electrons. The van der Waals surface area contributed by atoms with E-state index >= 15 is 0 Å². The van der Waals surface area contributed by atoms with Crippen molar-refractivity contribution in [1.29, 1.82) is 0 Å². The SMILES string of the molecule is Cc1nc2ccccc2c(C)c1CC(=O)NCc1ccc2c(c1)OCCO2. The van der Waals surface area contributed by atoms with Crippen molar-refractivity contribution in [1.82, 2.24) is 10.3 Å². The molecular weight excluding hydrogens is 340 g/mol. The van der Waals surface area contributed by atoms with Gasteiger partial charge >= 0.3 is 0 Å². The molecule has 1 N–H and O–H groups in total. The summed E-state index contributed by atoms with van der Waals surface area (Å²) in [5.41, 5.74) is 4.97. The summed E-state index contributed by atoms with van der Waals surface area (Å²) in [4.78, 5) is 17.2. The largest absolute Gasteiger partial charge is 0.486 e. The number of amides is 1. The summed E-state index contributed by atoms with van der Waals surface area (Å²) in [5.74, 6) is 1.47. The minimum atomic E-state index is -0.0202. The number of aryl methyl sites for hydroxylation is 2. The highest BCUT2D eigenvalue weighted by Gasteiger charge is 2.14. The molecule has 0 unspecified atom stereocenters. The smallest absolute Gasteiger partial charge is 0.224 e. The molecule has 0 saturated carbocycles. The third kappa shape index (κ3) is 3.58. The number of hydrogen-bond donors (Lipinski definition) is 1. The van der Waals surface area contributed by atoms with Crippen LogP contribution in [0.5, 0.6) is 11.5 Å². The molecule has 27 heavy (non-hydrogen) atoms. The molecule has 0 bridgehead atoms. The molecule has 2 heterocycles. The third-order valence-electron chi connectivity index (χ3n) is 4.92. The normalized spacial score (nSPS) is 12.8. The Balaban J connectivity index is 1.46. The van der Waals surface area contributed by atoms with Crippen LogP contribution < -0.4 is 14.8 Å². The highest BCUT2D eigenvalue weighted by Crippen LogP contribution is 2.30. The van der Waals surface area contributed by atoms with Gasteiger partial charge in [0.25, 0.3) is 0 Å². The molecule has 1 amide bonds. The minimum Gasteiger partial charge on any atom is -0.486 e. The van der Waals surface area contributed by atoms with Gasteiger partial charge in [-0.05, 0) is 48.7 Å². The van der Waals surface area contributed by atoms with Gasteiger partial charge in [0, 0.05) is 17.6 Å². The molecule has 1 aliphatic heterocycles. The molecule has 1 aromatic heterocycles. The van der Waals surface area contributed by atoms with Crippen LogP contribution in [0.3, 0.4) is 0 Å². The average molecular weight is 362 g/mol. The van der Waals surface area contributed by atoms with Crippen LogP contribution in [0.2, 0.25) is 0 Å². The van der Waals surface area contributed by atoms with Crippen LogP contribution in [-0.2, 0) is 17.8 Å². The lowest BCUT2D eigenvalue weighted by molar-refractivity contribution is -0.120. The van der Waals surface area contributed by atoms with Crippen molar-refractivity contribution in [3.05, 3.63) is 64.8 Å². The van der Waals surface area contributed by atoms with Crippen LogP contribution >= 0.6 is 0 Å². The van der Waals surface area contributed by atoms with E-state index in [4.69, 9.17) is 9.47 Å². The minimum absolute atomic E-state index is 0.0202. The highest BCUT2D eigenvalue weighted by molar-refractivity contribution is 5.86. The summed E-state index contributed by atoms with van der Waals surface area (Å²) in [6.45, 7) is 5.59. The zero-order valence-corrected chi connectivity index (χ0v) is 15.5. The molecule has 5 nitrogen and oxygen atoms in total. The number of para-hydroxylation sites is 1. The summed E-state index contributed by atoms with van der Waals surface area (Å²) < 4.78 is 11.1. The van der Waals surface area contributed by atoms with Crippen molar-refractivity contribution in [2.45, 2.75) is 26.8 Å². The molecular formula is C22H22N2O3. The van der Waals surface area contributed by atoms with E-state index in [9.17, 15) is 4.79 Å². The summed E-state index contributed by atoms with van der Waals surface area (Å²) in [6.07, 6.45) is 0.319. The van der Waals surface area contributed by atoms with E-state index < -0.39 is 0 Å².